The molecule has 2 fully saturated rings. The zero-order chi connectivity index (χ0) is 16.7. The Morgan fingerprint density at radius 1 is 1.08 bits per heavy atom. The van der Waals surface area contributed by atoms with Crippen LogP contribution in [0.4, 0.5) is 0 Å². The van der Waals surface area contributed by atoms with Crippen molar-refractivity contribution < 1.29 is 14.4 Å². The summed E-state index contributed by atoms with van der Waals surface area (Å²) < 4.78 is 0. The second-order valence-electron chi connectivity index (χ2n) is 7.14. The van der Waals surface area contributed by atoms with Gasteiger partial charge in [0.05, 0.1) is 5.41 Å². The Kier molecular flexibility index (Phi) is 3.66. The van der Waals surface area contributed by atoms with Crippen LogP contribution in [0.25, 0.3) is 0 Å². The largest absolute Gasteiger partial charge is 0.341 e. The average molecular weight is 326 g/mol. The van der Waals surface area contributed by atoms with Gasteiger partial charge in [-0.25, -0.2) is 0 Å². The minimum absolute atomic E-state index is 0.0957. The van der Waals surface area contributed by atoms with Crippen LogP contribution in [0.1, 0.15) is 43.2 Å². The van der Waals surface area contributed by atoms with Crippen molar-refractivity contribution in [1.29, 1.82) is 0 Å². The summed E-state index contributed by atoms with van der Waals surface area (Å²) in [4.78, 5) is 41.0. The van der Waals surface area contributed by atoms with Crippen molar-refractivity contribution in [2.45, 2.75) is 43.9 Å². The molecule has 3 aliphatic rings. The van der Waals surface area contributed by atoms with Gasteiger partial charge in [0.25, 0.3) is 0 Å². The Hall–Kier alpha value is -2.17. The van der Waals surface area contributed by atoms with Gasteiger partial charge in [0.2, 0.25) is 17.7 Å². The Morgan fingerprint density at radius 2 is 1.83 bits per heavy atom. The first-order chi connectivity index (χ1) is 11.6. The summed E-state index contributed by atoms with van der Waals surface area (Å²) >= 11 is 0. The molecule has 5 nitrogen and oxygen atoms in total. The molecule has 2 aliphatic heterocycles. The molecule has 1 aromatic carbocycles. The third-order valence-corrected chi connectivity index (χ3v) is 5.76. The van der Waals surface area contributed by atoms with E-state index in [4.69, 9.17) is 0 Å². The van der Waals surface area contributed by atoms with Crippen molar-refractivity contribution in [3.63, 3.8) is 0 Å². The maximum atomic E-state index is 13.1. The molecular weight excluding hydrogens is 304 g/mol. The van der Waals surface area contributed by atoms with E-state index >= 15 is 0 Å². The van der Waals surface area contributed by atoms with Crippen LogP contribution in [0.5, 0.6) is 0 Å². The number of piperidine rings is 1. The zero-order valence-electron chi connectivity index (χ0n) is 13.8. The quantitative estimate of drug-likeness (QED) is 0.777. The number of likely N-dealkylation sites (tertiary alicyclic amines) is 2. The van der Waals surface area contributed by atoms with Gasteiger partial charge in [0.15, 0.2) is 0 Å². The van der Waals surface area contributed by atoms with Crippen molar-refractivity contribution in [1.82, 2.24) is 9.80 Å². The Labute approximate surface area is 141 Å². The number of imide groups is 1. The number of fused-ring (bicyclic) bond motifs is 2. The number of amides is 3. The van der Waals surface area contributed by atoms with Crippen LogP contribution in [0, 0.1) is 0 Å². The first-order valence-electron chi connectivity index (χ1n) is 8.83. The molecule has 126 valence electrons. The fourth-order valence-corrected chi connectivity index (χ4v) is 4.43. The van der Waals surface area contributed by atoms with Gasteiger partial charge in [0, 0.05) is 19.5 Å². The summed E-state index contributed by atoms with van der Waals surface area (Å²) in [7, 11) is 0. The van der Waals surface area contributed by atoms with E-state index in [-0.39, 0.29) is 30.7 Å². The van der Waals surface area contributed by atoms with E-state index in [9.17, 15) is 14.4 Å². The summed E-state index contributed by atoms with van der Waals surface area (Å²) in [6.45, 7) is 1.38. The Morgan fingerprint density at radius 3 is 2.62 bits per heavy atom. The summed E-state index contributed by atoms with van der Waals surface area (Å²) in [5.74, 6) is -0.482. The van der Waals surface area contributed by atoms with Gasteiger partial charge in [-0.2, -0.15) is 0 Å². The van der Waals surface area contributed by atoms with Gasteiger partial charge in [-0.1, -0.05) is 24.3 Å². The normalized spacial score (nSPS) is 26.3. The lowest BCUT2D eigenvalue weighted by molar-refractivity contribution is -0.146. The maximum absolute atomic E-state index is 13.1. The lowest BCUT2D eigenvalue weighted by Crippen LogP contribution is -2.46. The molecule has 2 saturated heterocycles. The highest BCUT2D eigenvalue weighted by Crippen LogP contribution is 2.46. The number of aryl methyl sites for hydroxylation is 1. The van der Waals surface area contributed by atoms with Crippen LogP contribution >= 0.6 is 0 Å². The van der Waals surface area contributed by atoms with E-state index < -0.39 is 5.41 Å². The molecule has 5 heteroatoms. The lowest BCUT2D eigenvalue weighted by Gasteiger charge is -2.29. The van der Waals surface area contributed by atoms with Crippen molar-refractivity contribution in [2.24, 2.45) is 0 Å². The topological polar surface area (TPSA) is 57.7 Å². The highest BCUT2D eigenvalue weighted by atomic mass is 16.2. The molecule has 0 aromatic heterocycles. The molecule has 4 rings (SSSR count). The molecule has 2 heterocycles. The van der Waals surface area contributed by atoms with Gasteiger partial charge in [0.1, 0.15) is 6.54 Å². The van der Waals surface area contributed by atoms with Crippen molar-refractivity contribution in [3.05, 3.63) is 35.4 Å². The third-order valence-electron chi connectivity index (χ3n) is 5.76. The Bertz CT molecular complexity index is 708. The maximum Gasteiger partial charge on any atom is 0.242 e. The number of carbonyl (C=O) groups excluding carboxylic acids is 3. The second-order valence-corrected chi connectivity index (χ2v) is 7.14. The van der Waals surface area contributed by atoms with Gasteiger partial charge in [-0.05, 0) is 43.2 Å². The number of hydrogen-bond donors (Lipinski definition) is 0. The Balaban J connectivity index is 1.55. The van der Waals surface area contributed by atoms with E-state index in [0.717, 1.165) is 49.9 Å². The van der Waals surface area contributed by atoms with E-state index in [1.54, 1.807) is 4.90 Å². The zero-order valence-corrected chi connectivity index (χ0v) is 13.8. The molecule has 1 unspecified atom stereocenters. The SMILES string of the molecule is O=C(CN1C(=O)CC2(CCc3ccccc32)C1=O)N1CCCCC1. The fourth-order valence-electron chi connectivity index (χ4n) is 4.43. The van der Waals surface area contributed by atoms with Crippen molar-refractivity contribution in [2.75, 3.05) is 19.6 Å². The number of hydrogen-bond acceptors (Lipinski definition) is 3. The first kappa shape index (κ1) is 15.4. The van der Waals surface area contributed by atoms with Gasteiger partial charge >= 0.3 is 0 Å². The average Bonchev–Trinajstić information content (AvgIpc) is 3.10. The van der Waals surface area contributed by atoms with E-state index in [2.05, 4.69) is 0 Å². The molecular formula is C19H22N2O3. The van der Waals surface area contributed by atoms with Crippen LogP contribution in [0.15, 0.2) is 24.3 Å². The van der Waals surface area contributed by atoms with Crippen LogP contribution in [0.3, 0.4) is 0 Å². The third kappa shape index (κ3) is 2.26. The van der Waals surface area contributed by atoms with Crippen molar-refractivity contribution in [3.8, 4) is 0 Å². The fraction of sp³-hybridized carbons (Fsp3) is 0.526. The van der Waals surface area contributed by atoms with Crippen LogP contribution in [0.2, 0.25) is 0 Å². The summed E-state index contributed by atoms with van der Waals surface area (Å²) in [6.07, 6.45) is 4.85. The summed E-state index contributed by atoms with van der Waals surface area (Å²) in [5, 5.41) is 0. The second kappa shape index (κ2) is 5.72. The van der Waals surface area contributed by atoms with Crippen LogP contribution in [-0.4, -0.2) is 47.2 Å². The lowest BCUT2D eigenvalue weighted by atomic mass is 9.80. The van der Waals surface area contributed by atoms with Gasteiger partial charge < -0.3 is 4.90 Å². The molecule has 1 aromatic rings. The summed E-state index contributed by atoms with van der Waals surface area (Å²) in [6, 6.07) is 7.88. The number of carbonyl (C=O) groups is 3. The monoisotopic (exact) mass is 326 g/mol. The molecule has 1 aliphatic carbocycles. The highest BCUT2D eigenvalue weighted by Gasteiger charge is 2.55. The van der Waals surface area contributed by atoms with E-state index in [1.165, 1.54) is 4.90 Å². The molecule has 0 saturated carbocycles. The van der Waals surface area contributed by atoms with Gasteiger partial charge in [-0.15, -0.1) is 0 Å². The molecule has 1 atom stereocenters. The van der Waals surface area contributed by atoms with Crippen molar-refractivity contribution >= 4 is 17.7 Å². The highest BCUT2D eigenvalue weighted by molar-refractivity contribution is 6.11. The van der Waals surface area contributed by atoms with Gasteiger partial charge in [-0.3, -0.25) is 19.3 Å². The standard InChI is InChI=1S/C19H22N2O3/c22-16-12-19(9-8-14-6-2-3-7-15(14)19)18(24)21(16)13-17(23)20-10-4-1-5-11-20/h2-3,6-7H,1,4-5,8-13H2. The smallest absolute Gasteiger partial charge is 0.242 e. The van der Waals surface area contributed by atoms with Crippen LogP contribution in [-0.2, 0) is 26.2 Å². The predicted molar refractivity (Wildman–Crippen MR) is 88.2 cm³/mol. The molecule has 0 bridgehead atoms. The minimum atomic E-state index is -0.726. The minimum Gasteiger partial charge on any atom is -0.341 e. The van der Waals surface area contributed by atoms with Crippen LogP contribution < -0.4 is 0 Å². The summed E-state index contributed by atoms with van der Waals surface area (Å²) in [5.41, 5.74) is 1.41. The molecule has 24 heavy (non-hydrogen) atoms. The number of benzene rings is 1. The first-order valence-corrected chi connectivity index (χ1v) is 8.83. The number of rotatable bonds is 2. The molecule has 0 N–H and O–H groups in total. The molecule has 0 radical (unpaired) electrons. The number of nitrogens with zero attached hydrogens (tertiary/aromatic N) is 2. The predicted octanol–water partition coefficient (Wildman–Crippen LogP) is 1.64. The molecule has 3 amide bonds. The van der Waals surface area contributed by atoms with E-state index in [1.807, 2.05) is 24.3 Å². The molecule has 1 spiro atoms. The van der Waals surface area contributed by atoms with E-state index in [0.29, 0.717) is 6.42 Å².